The fourth-order valence-corrected chi connectivity index (χ4v) is 3.32. The topological polar surface area (TPSA) is 39.1 Å². The van der Waals surface area contributed by atoms with Crippen LogP contribution in [0.2, 0.25) is 0 Å². The quantitative estimate of drug-likeness (QED) is 0.718. The van der Waals surface area contributed by atoms with E-state index in [2.05, 4.69) is 37.1 Å². The number of hydrogen-bond donors (Lipinski definition) is 1. The largest absolute Gasteiger partial charge is 0.302 e. The van der Waals surface area contributed by atoms with Crippen molar-refractivity contribution in [3.05, 3.63) is 0 Å². The zero-order valence-corrected chi connectivity index (χ0v) is 13.2. The Morgan fingerprint density at radius 1 is 1.42 bits per heavy atom. The van der Waals surface area contributed by atoms with E-state index in [0.29, 0.717) is 12.1 Å². The minimum absolute atomic E-state index is 0.291. The molecule has 0 aliphatic heterocycles. The summed E-state index contributed by atoms with van der Waals surface area (Å²) in [6.07, 6.45) is 8.25. The van der Waals surface area contributed by atoms with Crippen LogP contribution < -0.4 is 5.32 Å². The third-order valence-corrected chi connectivity index (χ3v) is 4.57. The van der Waals surface area contributed by atoms with Crippen LogP contribution in [0.1, 0.15) is 65.7 Å². The average molecular weight is 265 g/mol. The molecule has 3 nitrogen and oxygen atoms in total. The van der Waals surface area contributed by atoms with Crippen molar-refractivity contribution in [2.45, 2.75) is 83.3 Å². The van der Waals surface area contributed by atoms with Gasteiger partial charge in [0.15, 0.2) is 0 Å². The molecule has 0 amide bonds. The second-order valence-electron chi connectivity index (χ2n) is 6.23. The van der Waals surface area contributed by atoms with E-state index in [9.17, 15) is 5.26 Å². The minimum Gasteiger partial charge on any atom is -0.302 e. The Hall–Kier alpha value is -0.590. The number of nitrogens with zero attached hydrogens (tertiary/aromatic N) is 2. The predicted octanol–water partition coefficient (Wildman–Crippen LogP) is 3.31. The minimum atomic E-state index is -0.291. The number of unbranched alkanes of at least 4 members (excludes halogenated alkanes) is 2. The molecule has 0 heterocycles. The van der Waals surface area contributed by atoms with Crippen molar-refractivity contribution in [2.24, 2.45) is 0 Å². The van der Waals surface area contributed by atoms with Gasteiger partial charge >= 0.3 is 0 Å². The molecule has 0 bridgehead atoms. The Bertz CT molecular complexity index is 295. The lowest BCUT2D eigenvalue weighted by atomic mass is 9.79. The molecule has 3 heteroatoms. The van der Waals surface area contributed by atoms with Gasteiger partial charge in [0.25, 0.3) is 0 Å². The smallest absolute Gasteiger partial charge is 0.108 e. The maximum atomic E-state index is 9.46. The Labute approximate surface area is 119 Å². The summed E-state index contributed by atoms with van der Waals surface area (Å²) in [6, 6.07) is 3.66. The maximum Gasteiger partial charge on any atom is 0.108 e. The lowest BCUT2D eigenvalue weighted by molar-refractivity contribution is 0.0924. The van der Waals surface area contributed by atoms with Gasteiger partial charge in [0, 0.05) is 12.1 Å². The molecule has 1 aliphatic carbocycles. The predicted molar refractivity (Wildman–Crippen MR) is 81.0 cm³/mol. The molecule has 0 spiro atoms. The van der Waals surface area contributed by atoms with Gasteiger partial charge in [-0.15, -0.1) is 0 Å². The molecule has 0 saturated heterocycles. The second kappa shape index (κ2) is 7.87. The van der Waals surface area contributed by atoms with Crippen LogP contribution in [0.15, 0.2) is 0 Å². The number of rotatable bonds is 7. The van der Waals surface area contributed by atoms with E-state index in [-0.39, 0.29) is 5.54 Å². The van der Waals surface area contributed by atoms with Crippen LogP contribution in [0.3, 0.4) is 0 Å². The van der Waals surface area contributed by atoms with Crippen molar-refractivity contribution < 1.29 is 0 Å². The van der Waals surface area contributed by atoms with Crippen molar-refractivity contribution in [1.82, 2.24) is 10.2 Å². The number of nitrogens with one attached hydrogen (secondary N) is 1. The fourth-order valence-electron chi connectivity index (χ4n) is 3.32. The highest BCUT2D eigenvalue weighted by atomic mass is 15.2. The maximum absolute atomic E-state index is 9.46. The van der Waals surface area contributed by atoms with E-state index in [1.54, 1.807) is 0 Å². The SMILES string of the molecule is CCCCCN(C(C)C)C1CCCC(C#N)(NC)C1. The van der Waals surface area contributed by atoms with Gasteiger partial charge in [-0.3, -0.25) is 4.90 Å². The van der Waals surface area contributed by atoms with Crippen molar-refractivity contribution in [2.75, 3.05) is 13.6 Å². The van der Waals surface area contributed by atoms with Crippen molar-refractivity contribution in [3.8, 4) is 6.07 Å². The lowest BCUT2D eigenvalue weighted by Crippen LogP contribution is -2.53. The van der Waals surface area contributed by atoms with Gasteiger partial charge in [0.05, 0.1) is 6.07 Å². The van der Waals surface area contributed by atoms with E-state index < -0.39 is 0 Å². The van der Waals surface area contributed by atoms with Crippen LogP contribution in [0.5, 0.6) is 0 Å². The summed E-state index contributed by atoms with van der Waals surface area (Å²) in [4.78, 5) is 2.62. The molecule has 1 aliphatic rings. The number of nitriles is 1. The highest BCUT2D eigenvalue weighted by Gasteiger charge is 2.37. The van der Waals surface area contributed by atoms with Crippen LogP contribution in [0.4, 0.5) is 0 Å². The zero-order chi connectivity index (χ0) is 14.3. The molecule has 1 rings (SSSR count). The first-order chi connectivity index (χ1) is 9.08. The van der Waals surface area contributed by atoms with Crippen molar-refractivity contribution >= 4 is 0 Å². The molecule has 1 fully saturated rings. The first kappa shape index (κ1) is 16.5. The summed E-state index contributed by atoms with van der Waals surface area (Å²) in [5, 5.41) is 12.7. The van der Waals surface area contributed by atoms with E-state index >= 15 is 0 Å². The second-order valence-corrected chi connectivity index (χ2v) is 6.23. The summed E-state index contributed by atoms with van der Waals surface area (Å²) in [5.74, 6) is 0. The van der Waals surface area contributed by atoms with Gasteiger partial charge in [0.1, 0.15) is 5.54 Å². The van der Waals surface area contributed by atoms with Gasteiger partial charge in [-0.2, -0.15) is 5.26 Å². The van der Waals surface area contributed by atoms with Gasteiger partial charge in [-0.1, -0.05) is 19.8 Å². The summed E-state index contributed by atoms with van der Waals surface area (Å²) < 4.78 is 0. The molecule has 2 unspecified atom stereocenters. The fraction of sp³-hybridized carbons (Fsp3) is 0.938. The van der Waals surface area contributed by atoms with E-state index in [1.165, 1.54) is 32.2 Å². The molecule has 110 valence electrons. The molecule has 1 N–H and O–H groups in total. The van der Waals surface area contributed by atoms with Crippen LogP contribution in [-0.4, -0.2) is 36.1 Å². The highest BCUT2D eigenvalue weighted by Crippen LogP contribution is 2.31. The highest BCUT2D eigenvalue weighted by molar-refractivity contribution is 5.10. The lowest BCUT2D eigenvalue weighted by Gasteiger charge is -2.43. The summed E-state index contributed by atoms with van der Waals surface area (Å²) in [6.45, 7) is 8.01. The van der Waals surface area contributed by atoms with Gasteiger partial charge in [-0.05, 0) is 59.5 Å². The molecule has 0 aromatic heterocycles. The molecule has 0 radical (unpaired) electrons. The Morgan fingerprint density at radius 2 is 2.16 bits per heavy atom. The molecular formula is C16H31N3. The third-order valence-electron chi connectivity index (χ3n) is 4.57. The van der Waals surface area contributed by atoms with Crippen LogP contribution >= 0.6 is 0 Å². The molecule has 19 heavy (non-hydrogen) atoms. The Morgan fingerprint density at radius 3 is 2.68 bits per heavy atom. The van der Waals surface area contributed by atoms with Gasteiger partial charge in [-0.25, -0.2) is 0 Å². The first-order valence-corrected chi connectivity index (χ1v) is 7.94. The average Bonchev–Trinajstić information content (AvgIpc) is 2.43. The van der Waals surface area contributed by atoms with Crippen molar-refractivity contribution in [1.29, 1.82) is 5.26 Å². The summed E-state index contributed by atoms with van der Waals surface area (Å²) in [7, 11) is 1.93. The Balaban J connectivity index is 2.66. The van der Waals surface area contributed by atoms with Gasteiger partial charge in [0.2, 0.25) is 0 Å². The van der Waals surface area contributed by atoms with E-state index in [0.717, 1.165) is 19.3 Å². The van der Waals surface area contributed by atoms with Gasteiger partial charge < -0.3 is 5.32 Å². The number of hydrogen-bond acceptors (Lipinski definition) is 3. The molecule has 0 aromatic carbocycles. The van der Waals surface area contributed by atoms with Crippen LogP contribution in [0.25, 0.3) is 0 Å². The van der Waals surface area contributed by atoms with E-state index in [4.69, 9.17) is 0 Å². The van der Waals surface area contributed by atoms with Crippen LogP contribution in [-0.2, 0) is 0 Å². The molecule has 1 saturated carbocycles. The Kier molecular flexibility index (Phi) is 6.82. The third kappa shape index (κ3) is 4.47. The monoisotopic (exact) mass is 265 g/mol. The van der Waals surface area contributed by atoms with E-state index in [1.807, 2.05) is 7.05 Å². The summed E-state index contributed by atoms with van der Waals surface area (Å²) in [5.41, 5.74) is -0.291. The van der Waals surface area contributed by atoms with Crippen molar-refractivity contribution in [3.63, 3.8) is 0 Å². The first-order valence-electron chi connectivity index (χ1n) is 7.94. The molecular weight excluding hydrogens is 234 g/mol. The summed E-state index contributed by atoms with van der Waals surface area (Å²) >= 11 is 0. The van der Waals surface area contributed by atoms with Crippen LogP contribution in [0, 0.1) is 11.3 Å². The molecule has 2 atom stereocenters. The standard InChI is InChI=1S/C16H31N3/c1-5-6-7-11-19(14(2)3)15-9-8-10-16(12-15,13-17)18-4/h14-15,18H,5-12H2,1-4H3. The molecule has 0 aromatic rings. The zero-order valence-electron chi connectivity index (χ0n) is 13.2. The normalized spacial score (nSPS) is 27.7.